The van der Waals surface area contributed by atoms with Gasteiger partial charge >= 0.3 is 0 Å². The van der Waals surface area contributed by atoms with Crippen molar-refractivity contribution in [2.45, 2.75) is 165 Å². The fraction of sp³-hybridized carbons (Fsp3) is 0.427. The zero-order valence-electron chi connectivity index (χ0n) is 86.3. The van der Waals surface area contributed by atoms with Crippen LogP contribution in [0.3, 0.4) is 0 Å². The zero-order chi connectivity index (χ0) is 102. The Morgan fingerprint density at radius 1 is 0.322 bits per heavy atom. The highest BCUT2D eigenvalue weighted by Crippen LogP contribution is 2.43. The molecule has 8 aliphatic rings. The maximum Gasteiger partial charge on any atom is 0.147 e. The molecule has 6 aromatic heterocycles. The van der Waals surface area contributed by atoms with Crippen molar-refractivity contribution in [1.82, 2.24) is 19.6 Å². The lowest BCUT2D eigenvalue weighted by Gasteiger charge is -2.33. The number of anilines is 6. The standard InChI is InChI=1S/C22H27N3OS2.C21H27N3S2.C19H25N3S2.C19H24N2S2.C18H23N3OS.C18H22N2OS/c1-16(26)19-4-2-8-24(19)9-10-25-11-13-28-22-15-17(6-7-20(22)25)14-18(23)21-5-3-12-27-21;22-18(20-5-3-13-25-20)15-17-6-7-19-21(16-17)26-14-12-24(19)11-4-10-23-8-1-2-9-23;1-21(2)8-4-9-22-10-12-24-19-14-15(6-7-17(19)22)13-16(20)18-5-3-11-23-18;1-2-3-4-9-21-10-12-23-19-14-15(7-8-17(19)21)13-16(20)18-6-5-11-22-18;1-20(2)7-8-21-9-11-23-18-13-14(5-6-16(18)21)12-15(19)17-4-3-10-22-17;1-2-3-8-20-9-11-22-18-13-14(6-7-16(18)20)12-15(19)17-5-4-10-21-17/h3,5-7,12,15,19,23H,2,4,8-11,13-14H2,1H3;3,5-7,13,16,22H,1-2,4,8-12,14-15H2;3,5-7,11,14,20H,4,8-10,12-13H2,1-2H3;5-8,11,14,20H,2-4,9-10,12-13H2,1H3;3-6,10,13,19H,7-9,11-12H2,1-2H3;4-7,10,13,19H,2-3,8-9,11-12H2,1H3/t19-;;;;;/m0...../s1. The highest BCUT2D eigenvalue weighted by atomic mass is 32.2. The van der Waals surface area contributed by atoms with Crippen LogP contribution in [0.15, 0.2) is 254 Å². The van der Waals surface area contributed by atoms with Gasteiger partial charge in [0.15, 0.2) is 0 Å². The number of nitrogens with zero attached hydrogens (tertiary/aromatic N) is 10. The summed E-state index contributed by atoms with van der Waals surface area (Å²) in [5, 5.41) is 57.7. The number of Topliss-reactive ketones (excluding diaryl/α,β-unsaturated/α-hetero) is 1. The quantitative estimate of drug-likeness (QED) is 0.0155. The van der Waals surface area contributed by atoms with Crippen LogP contribution in [0.2, 0.25) is 0 Å². The fourth-order valence-corrected chi connectivity index (χ4v) is 28.9. The van der Waals surface area contributed by atoms with Crippen LogP contribution in [0.1, 0.15) is 156 Å². The van der Waals surface area contributed by atoms with Gasteiger partial charge < -0.3 is 85.4 Å². The molecule has 6 N–H and O–H groups in total. The molecule has 6 aromatic carbocycles. The molecule has 0 spiro atoms. The molecule has 8 aliphatic heterocycles. The van der Waals surface area contributed by atoms with Gasteiger partial charge in [-0.25, -0.2) is 0 Å². The minimum absolute atomic E-state index is 0.129. The molecule has 774 valence electrons. The summed E-state index contributed by atoms with van der Waals surface area (Å²) in [4.78, 5) is 48.8. The Kier molecular flexibility index (Phi) is 44.1. The number of hydrogen-bond donors (Lipinski definition) is 6. The molecular weight excluding hydrogens is 2000 g/mol. The molecule has 0 amide bonds. The summed E-state index contributed by atoms with van der Waals surface area (Å²) in [6, 6.07) is 63.9. The average molecular weight is 2150 g/mol. The molecule has 12 aromatic rings. The van der Waals surface area contributed by atoms with Crippen LogP contribution in [0.5, 0.6) is 0 Å². The van der Waals surface area contributed by atoms with Crippen molar-refractivity contribution in [2.24, 2.45) is 0 Å². The van der Waals surface area contributed by atoms with Crippen molar-refractivity contribution >= 4 is 190 Å². The molecule has 14 heterocycles. The van der Waals surface area contributed by atoms with Gasteiger partial charge in [0.1, 0.15) is 17.3 Å². The molecule has 2 saturated heterocycles. The van der Waals surface area contributed by atoms with E-state index in [1.54, 1.807) is 64.8 Å². The lowest BCUT2D eigenvalue weighted by atomic mass is 10.1. The Morgan fingerprint density at radius 3 is 0.945 bits per heavy atom. The predicted molar refractivity (Wildman–Crippen MR) is 636 cm³/mol. The van der Waals surface area contributed by atoms with E-state index < -0.39 is 0 Å². The van der Waals surface area contributed by atoms with Crippen molar-refractivity contribution < 1.29 is 13.6 Å². The Balaban J connectivity index is 0.000000132. The van der Waals surface area contributed by atoms with Gasteiger partial charge in [0.25, 0.3) is 0 Å². The van der Waals surface area contributed by atoms with Gasteiger partial charge in [0.05, 0.1) is 87.0 Å². The van der Waals surface area contributed by atoms with Crippen LogP contribution in [0.25, 0.3) is 0 Å². The van der Waals surface area contributed by atoms with Gasteiger partial charge in [-0.05, 0) is 295 Å². The first kappa shape index (κ1) is 111. The van der Waals surface area contributed by atoms with Gasteiger partial charge in [-0.1, -0.05) is 93.8 Å². The van der Waals surface area contributed by atoms with Gasteiger partial charge in [-0.2, -0.15) is 0 Å². The number of carbonyl (C=O) groups is 1. The third-order valence-electron chi connectivity index (χ3n) is 27.4. The maximum atomic E-state index is 11.8. The van der Waals surface area contributed by atoms with E-state index in [0.29, 0.717) is 59.4 Å². The molecule has 19 nitrogen and oxygen atoms in total. The minimum atomic E-state index is 0.129. The number of likely N-dealkylation sites (N-methyl/N-ethyl adjacent to an activating group) is 1. The number of ketones is 1. The van der Waals surface area contributed by atoms with Crippen molar-refractivity contribution in [3.8, 4) is 0 Å². The number of hydrogen-bond acceptors (Lipinski definition) is 29. The van der Waals surface area contributed by atoms with Crippen molar-refractivity contribution in [3.05, 3.63) is 280 Å². The lowest BCUT2D eigenvalue weighted by Crippen LogP contribution is -2.42. The van der Waals surface area contributed by atoms with E-state index in [0.717, 1.165) is 184 Å². The van der Waals surface area contributed by atoms with Crippen LogP contribution < -0.4 is 29.4 Å². The van der Waals surface area contributed by atoms with E-state index in [1.807, 2.05) is 165 Å². The van der Waals surface area contributed by atoms with E-state index in [9.17, 15) is 4.79 Å². The third kappa shape index (κ3) is 33.1. The number of thioether (sulfide) groups is 6. The molecule has 0 saturated carbocycles. The Morgan fingerprint density at radius 2 is 0.637 bits per heavy atom. The fourth-order valence-electron chi connectivity index (χ4n) is 19.5. The number of benzene rings is 6. The van der Waals surface area contributed by atoms with E-state index in [2.05, 4.69) is 200 Å². The summed E-state index contributed by atoms with van der Waals surface area (Å²) < 4.78 is 10.6. The van der Waals surface area contributed by atoms with Gasteiger partial charge in [0, 0.05) is 214 Å². The number of likely N-dealkylation sites (tertiary alicyclic amines) is 2. The predicted octanol–water partition coefficient (Wildman–Crippen LogP) is 26.7. The number of carbonyl (C=O) groups excluding carboxylic acids is 1. The zero-order valence-corrected chi connectivity index (χ0v) is 94.5. The van der Waals surface area contributed by atoms with E-state index in [-0.39, 0.29) is 6.04 Å². The molecule has 0 radical (unpaired) electrons. The molecule has 146 heavy (non-hydrogen) atoms. The first-order valence-electron chi connectivity index (χ1n) is 52.2. The topological polar surface area (TPSA) is 219 Å². The second-order valence-electron chi connectivity index (χ2n) is 38.8. The van der Waals surface area contributed by atoms with E-state index >= 15 is 0 Å². The maximum absolute atomic E-state index is 11.8. The SMILES string of the molecule is CC(=O)[C@@H]1CCCN1CCN1CCSc2cc(CC(=N)c3cccs3)ccc21.CCCCCN1CCSc2cc(CC(=N)c3cccs3)ccc21.CCCCN1CCSc2cc(CC(=N)c3ccco3)ccc21.CN(C)CCCN1CCSc2cc(CC(=N)c3cccs3)ccc21.CN(C)CCN1CCSc2cc(CC(=N)c3ccco3)ccc21.N=C(Cc1ccc2c(c1)SCCN2CCCN1CCCC1)c1cccs1. The monoisotopic (exact) mass is 2140 g/mol. The van der Waals surface area contributed by atoms with Gasteiger partial charge in [-0.15, -0.1) is 116 Å². The summed E-state index contributed by atoms with van der Waals surface area (Å²) in [5.74, 6) is 8.49. The summed E-state index contributed by atoms with van der Waals surface area (Å²) in [6.45, 7) is 27.6. The molecule has 1 atom stereocenters. The molecule has 0 aliphatic carbocycles. The molecule has 29 heteroatoms. The average Bonchev–Trinajstić information content (AvgIpc) is 1.50. The second kappa shape index (κ2) is 57.9. The van der Waals surface area contributed by atoms with Crippen LogP contribution in [0, 0.1) is 32.5 Å². The number of thiophene rings is 4. The van der Waals surface area contributed by atoms with Gasteiger partial charge in [0.2, 0.25) is 0 Å². The summed E-state index contributed by atoms with van der Waals surface area (Å²) in [5.41, 5.74) is 19.4. The van der Waals surface area contributed by atoms with Crippen LogP contribution in [-0.2, 0) is 43.3 Å². The number of rotatable bonds is 40. The van der Waals surface area contributed by atoms with E-state index in [4.69, 9.17) is 41.3 Å². The Bertz CT molecular complexity index is 6120. The van der Waals surface area contributed by atoms with Gasteiger partial charge in [-0.3, -0.25) is 9.69 Å². The Hall–Kier alpha value is -8.89. The van der Waals surface area contributed by atoms with Crippen LogP contribution in [0.4, 0.5) is 34.1 Å². The van der Waals surface area contributed by atoms with Crippen molar-refractivity contribution in [1.29, 1.82) is 32.5 Å². The molecule has 0 unspecified atom stereocenters. The van der Waals surface area contributed by atoms with Crippen molar-refractivity contribution in [3.63, 3.8) is 0 Å². The minimum Gasteiger partial charge on any atom is -0.463 e. The number of unbranched alkanes of at least 4 members (excludes halogenated alkanes) is 3. The van der Waals surface area contributed by atoms with E-state index in [1.165, 1.54) is 192 Å². The number of nitrogens with one attached hydrogen (secondary N) is 6. The lowest BCUT2D eigenvalue weighted by molar-refractivity contribution is -0.121. The Labute approximate surface area is 910 Å². The third-order valence-corrected chi connectivity index (χ3v) is 37.2. The summed E-state index contributed by atoms with van der Waals surface area (Å²) >= 11 is 18.2. The summed E-state index contributed by atoms with van der Waals surface area (Å²) in [6.07, 6.45) is 21.0. The molecule has 0 bridgehead atoms. The molecular formula is C117H148N16O3S10. The molecule has 2 fully saturated rings. The summed E-state index contributed by atoms with van der Waals surface area (Å²) in [7, 11) is 8.50. The number of fused-ring (bicyclic) bond motifs is 6. The first-order valence-corrected chi connectivity index (χ1v) is 61.6. The normalized spacial score (nSPS) is 15.7. The highest BCUT2D eigenvalue weighted by molar-refractivity contribution is 8.00. The molecule has 20 rings (SSSR count). The smallest absolute Gasteiger partial charge is 0.147 e. The number of furan rings is 2. The highest BCUT2D eigenvalue weighted by Gasteiger charge is 2.31. The van der Waals surface area contributed by atoms with Crippen LogP contribution >= 0.6 is 116 Å². The largest absolute Gasteiger partial charge is 0.463 e. The van der Waals surface area contributed by atoms with Crippen LogP contribution in [-0.4, -0.2) is 253 Å². The second-order valence-corrected chi connectivity index (χ2v) is 49.5. The van der Waals surface area contributed by atoms with Crippen molar-refractivity contribution in [2.75, 3.05) is 216 Å². The first-order chi connectivity index (χ1) is 71.2.